The average molecular weight is 333 g/mol. The first-order valence-electron chi connectivity index (χ1n) is 8.55. The van der Waals surface area contributed by atoms with Gasteiger partial charge >= 0.3 is 0 Å². The molecule has 0 bridgehead atoms. The zero-order valence-electron chi connectivity index (χ0n) is 14.0. The lowest BCUT2D eigenvalue weighted by molar-refractivity contribution is 0.607. The van der Waals surface area contributed by atoms with Gasteiger partial charge in [-0.2, -0.15) is 10.1 Å². The van der Waals surface area contributed by atoms with Gasteiger partial charge in [-0.05, 0) is 36.0 Å². The third-order valence-electron chi connectivity index (χ3n) is 5.02. The summed E-state index contributed by atoms with van der Waals surface area (Å²) in [5.74, 6) is 1.56. The van der Waals surface area contributed by atoms with Crippen molar-refractivity contribution in [3.63, 3.8) is 0 Å². The quantitative estimate of drug-likeness (QED) is 0.764. The van der Waals surface area contributed by atoms with Gasteiger partial charge < -0.3 is 10.6 Å². The summed E-state index contributed by atoms with van der Waals surface area (Å²) in [5, 5.41) is 10.9. The van der Waals surface area contributed by atoms with E-state index in [2.05, 4.69) is 49.8 Å². The van der Waals surface area contributed by atoms with E-state index in [0.29, 0.717) is 11.4 Å². The number of anilines is 2. The van der Waals surface area contributed by atoms with Crippen LogP contribution >= 0.6 is 0 Å². The molecule has 1 saturated carbocycles. The predicted octanol–water partition coefficient (Wildman–Crippen LogP) is 2.59. The smallest absolute Gasteiger partial charge is 0.224 e. The van der Waals surface area contributed by atoms with E-state index in [0.717, 1.165) is 41.3 Å². The Labute approximate surface area is 145 Å². The molecule has 7 heteroatoms. The van der Waals surface area contributed by atoms with Gasteiger partial charge in [-0.25, -0.2) is 14.5 Å². The zero-order chi connectivity index (χ0) is 16.9. The monoisotopic (exact) mass is 333 g/mol. The number of nitrogens with zero attached hydrogens (tertiary/aromatic N) is 5. The maximum absolute atomic E-state index is 4.66. The Morgan fingerprint density at radius 2 is 2.20 bits per heavy atom. The molecule has 1 aliphatic heterocycles. The summed E-state index contributed by atoms with van der Waals surface area (Å²) in [7, 11) is 0. The Hall–Kier alpha value is -2.96. The van der Waals surface area contributed by atoms with Crippen molar-refractivity contribution in [2.24, 2.45) is 5.41 Å². The first kappa shape index (κ1) is 14.4. The van der Waals surface area contributed by atoms with Crippen molar-refractivity contribution in [1.29, 1.82) is 0 Å². The number of pyridine rings is 1. The van der Waals surface area contributed by atoms with Gasteiger partial charge in [-0.3, -0.25) is 0 Å². The van der Waals surface area contributed by atoms with Crippen molar-refractivity contribution in [3.8, 4) is 0 Å². The minimum Gasteiger partial charge on any atom is -0.366 e. The fourth-order valence-electron chi connectivity index (χ4n) is 3.09. The molecule has 0 unspecified atom stereocenters. The standard InChI is InChI=1S/C18H19N7/c1-18(5-6-18)10-21-17-20-8-14-13(4-7-19-16(14)24-17)12-2-3-15-22-11-23-25(15)9-12/h2-4,8-9,11H,5-7,10H2,1H3,(H2,19,20,21,24). The number of fused-ring (bicyclic) bond motifs is 2. The van der Waals surface area contributed by atoms with Crippen LogP contribution in [0.1, 0.15) is 30.9 Å². The maximum atomic E-state index is 4.66. The molecular weight excluding hydrogens is 314 g/mol. The molecule has 4 heterocycles. The molecule has 5 rings (SSSR count). The van der Waals surface area contributed by atoms with E-state index in [4.69, 9.17) is 0 Å². The lowest BCUT2D eigenvalue weighted by atomic mass is 9.98. The average Bonchev–Trinajstić information content (AvgIpc) is 3.19. The number of rotatable bonds is 4. The Morgan fingerprint density at radius 3 is 3.08 bits per heavy atom. The SMILES string of the molecule is CC1(CNc2ncc3c(n2)NCC=C3c2ccc3ncnn3c2)CC1. The van der Waals surface area contributed by atoms with Crippen molar-refractivity contribution in [2.45, 2.75) is 19.8 Å². The van der Waals surface area contributed by atoms with E-state index in [1.54, 1.807) is 10.8 Å². The predicted molar refractivity (Wildman–Crippen MR) is 96.4 cm³/mol. The second-order valence-corrected chi connectivity index (χ2v) is 7.10. The van der Waals surface area contributed by atoms with Crippen molar-refractivity contribution < 1.29 is 0 Å². The normalized spacial score (nSPS) is 17.6. The van der Waals surface area contributed by atoms with E-state index >= 15 is 0 Å². The molecule has 2 aliphatic rings. The summed E-state index contributed by atoms with van der Waals surface area (Å²) < 4.78 is 1.78. The van der Waals surface area contributed by atoms with Crippen LogP contribution in [-0.4, -0.2) is 37.7 Å². The van der Waals surface area contributed by atoms with E-state index in [1.165, 1.54) is 12.8 Å². The van der Waals surface area contributed by atoms with Crippen LogP contribution in [-0.2, 0) is 0 Å². The van der Waals surface area contributed by atoms with Gasteiger partial charge in [0.1, 0.15) is 12.1 Å². The Morgan fingerprint density at radius 1 is 1.28 bits per heavy atom. The fourth-order valence-corrected chi connectivity index (χ4v) is 3.09. The van der Waals surface area contributed by atoms with Crippen LogP contribution < -0.4 is 10.6 Å². The third kappa shape index (κ3) is 2.61. The van der Waals surface area contributed by atoms with Crippen LogP contribution in [0.15, 0.2) is 36.9 Å². The van der Waals surface area contributed by atoms with Gasteiger partial charge in [-0.15, -0.1) is 0 Å². The van der Waals surface area contributed by atoms with E-state index in [1.807, 2.05) is 18.5 Å². The van der Waals surface area contributed by atoms with Gasteiger partial charge in [-0.1, -0.05) is 13.0 Å². The molecule has 1 fully saturated rings. The van der Waals surface area contributed by atoms with Crippen LogP contribution in [0.2, 0.25) is 0 Å². The highest BCUT2D eigenvalue weighted by Crippen LogP contribution is 2.44. The van der Waals surface area contributed by atoms with Crippen LogP contribution in [0.5, 0.6) is 0 Å². The largest absolute Gasteiger partial charge is 0.366 e. The minimum atomic E-state index is 0.422. The van der Waals surface area contributed by atoms with Gasteiger partial charge in [0.15, 0.2) is 5.65 Å². The molecule has 0 spiro atoms. The summed E-state index contributed by atoms with van der Waals surface area (Å²) in [4.78, 5) is 13.4. The number of hydrogen-bond donors (Lipinski definition) is 2. The molecule has 25 heavy (non-hydrogen) atoms. The van der Waals surface area contributed by atoms with Crippen molar-refractivity contribution in [1.82, 2.24) is 24.6 Å². The topological polar surface area (TPSA) is 80.0 Å². The summed E-state index contributed by atoms with van der Waals surface area (Å²) in [5.41, 5.74) is 4.46. The highest BCUT2D eigenvalue weighted by Gasteiger charge is 2.37. The summed E-state index contributed by atoms with van der Waals surface area (Å²) >= 11 is 0. The Bertz CT molecular complexity index is 984. The van der Waals surface area contributed by atoms with Crippen molar-refractivity contribution in [2.75, 3.05) is 23.7 Å². The molecule has 0 atom stereocenters. The minimum absolute atomic E-state index is 0.422. The molecule has 0 amide bonds. The molecule has 0 saturated heterocycles. The highest BCUT2D eigenvalue weighted by atomic mass is 15.3. The summed E-state index contributed by atoms with van der Waals surface area (Å²) in [6.07, 6.45) is 10.2. The highest BCUT2D eigenvalue weighted by molar-refractivity contribution is 5.87. The second kappa shape index (κ2) is 5.27. The molecule has 3 aromatic heterocycles. The zero-order valence-corrected chi connectivity index (χ0v) is 14.0. The summed E-state index contributed by atoms with van der Waals surface area (Å²) in [6, 6.07) is 4.03. The van der Waals surface area contributed by atoms with Gasteiger partial charge in [0, 0.05) is 36.6 Å². The molecule has 126 valence electrons. The summed E-state index contributed by atoms with van der Waals surface area (Å²) in [6.45, 7) is 3.96. The van der Waals surface area contributed by atoms with Crippen LogP contribution in [0.25, 0.3) is 11.2 Å². The molecule has 0 radical (unpaired) electrons. The van der Waals surface area contributed by atoms with Crippen LogP contribution in [0.3, 0.4) is 0 Å². The molecule has 3 aromatic rings. The second-order valence-electron chi connectivity index (χ2n) is 7.10. The van der Waals surface area contributed by atoms with Crippen molar-refractivity contribution >= 4 is 23.0 Å². The maximum Gasteiger partial charge on any atom is 0.224 e. The number of aromatic nitrogens is 5. The van der Waals surface area contributed by atoms with Gasteiger partial charge in [0.05, 0.1) is 0 Å². The molecule has 2 N–H and O–H groups in total. The van der Waals surface area contributed by atoms with Gasteiger partial charge in [0.25, 0.3) is 0 Å². The Kier molecular flexibility index (Phi) is 3.03. The molecule has 7 nitrogen and oxygen atoms in total. The molecule has 1 aliphatic carbocycles. The number of nitrogens with one attached hydrogen (secondary N) is 2. The van der Waals surface area contributed by atoms with Crippen molar-refractivity contribution in [3.05, 3.63) is 48.1 Å². The molecular formula is C18H19N7. The van der Waals surface area contributed by atoms with Crippen LogP contribution in [0.4, 0.5) is 11.8 Å². The fraction of sp³-hybridized carbons (Fsp3) is 0.333. The first-order valence-corrected chi connectivity index (χ1v) is 8.55. The van der Waals surface area contributed by atoms with E-state index in [9.17, 15) is 0 Å². The Balaban J connectivity index is 1.46. The third-order valence-corrected chi connectivity index (χ3v) is 5.02. The first-order chi connectivity index (χ1) is 12.2. The van der Waals surface area contributed by atoms with E-state index < -0.39 is 0 Å². The lowest BCUT2D eigenvalue weighted by Crippen LogP contribution is -2.16. The van der Waals surface area contributed by atoms with Crippen LogP contribution in [0, 0.1) is 5.41 Å². The molecule has 0 aromatic carbocycles. The number of hydrogen-bond acceptors (Lipinski definition) is 6. The lowest BCUT2D eigenvalue weighted by Gasteiger charge is -2.19. The van der Waals surface area contributed by atoms with E-state index in [-0.39, 0.29) is 0 Å². The van der Waals surface area contributed by atoms with Gasteiger partial charge in [0.2, 0.25) is 5.95 Å².